The van der Waals surface area contributed by atoms with Crippen LogP contribution >= 0.6 is 11.3 Å². The maximum atomic E-state index is 4.21. The normalized spacial score (nSPS) is 12.9. The molecule has 0 saturated carbocycles. The molecule has 0 aliphatic heterocycles. The van der Waals surface area contributed by atoms with E-state index in [1.807, 2.05) is 17.7 Å². The fourth-order valence-electron chi connectivity index (χ4n) is 0.860. The number of hydrogen-bond donors (Lipinski definition) is 0. The predicted octanol–water partition coefficient (Wildman–Crippen LogP) is 2.82. The number of aromatic nitrogens is 1. The van der Waals surface area contributed by atoms with E-state index in [4.69, 9.17) is 0 Å². The Morgan fingerprint density at radius 3 is 3.10 bits per heavy atom. The SMILES string of the molecule is C=CC(CC)c1nccs1. The number of hydrogen-bond acceptors (Lipinski definition) is 2. The Labute approximate surface area is 65.4 Å². The van der Waals surface area contributed by atoms with Gasteiger partial charge in [-0.1, -0.05) is 13.0 Å². The van der Waals surface area contributed by atoms with Gasteiger partial charge in [0.1, 0.15) is 0 Å². The van der Waals surface area contributed by atoms with Crippen molar-refractivity contribution in [1.82, 2.24) is 4.98 Å². The molecule has 1 aromatic heterocycles. The van der Waals surface area contributed by atoms with Crippen LogP contribution in [0.5, 0.6) is 0 Å². The Morgan fingerprint density at radius 1 is 1.90 bits per heavy atom. The molecule has 0 bridgehead atoms. The molecule has 1 atom stereocenters. The summed E-state index contributed by atoms with van der Waals surface area (Å²) in [6, 6.07) is 0. The molecule has 0 amide bonds. The van der Waals surface area contributed by atoms with Crippen LogP contribution in [0.15, 0.2) is 24.2 Å². The van der Waals surface area contributed by atoms with Crippen LogP contribution in [0.2, 0.25) is 0 Å². The molecule has 54 valence electrons. The van der Waals surface area contributed by atoms with E-state index in [1.54, 1.807) is 11.3 Å². The second-order valence-corrected chi connectivity index (χ2v) is 3.05. The average Bonchev–Trinajstić information content (AvgIpc) is 2.43. The van der Waals surface area contributed by atoms with Gasteiger partial charge in [0.25, 0.3) is 0 Å². The van der Waals surface area contributed by atoms with Crippen LogP contribution in [0.1, 0.15) is 24.3 Å². The fourth-order valence-corrected chi connectivity index (χ4v) is 1.68. The third-order valence-corrected chi connectivity index (χ3v) is 2.40. The van der Waals surface area contributed by atoms with Gasteiger partial charge in [-0.15, -0.1) is 17.9 Å². The lowest BCUT2D eigenvalue weighted by Gasteiger charge is -2.02. The monoisotopic (exact) mass is 153 g/mol. The maximum Gasteiger partial charge on any atom is 0.0993 e. The third-order valence-electron chi connectivity index (χ3n) is 1.49. The molecule has 1 nitrogen and oxygen atoms in total. The second-order valence-electron chi connectivity index (χ2n) is 2.12. The quantitative estimate of drug-likeness (QED) is 0.608. The summed E-state index contributed by atoms with van der Waals surface area (Å²) in [7, 11) is 0. The van der Waals surface area contributed by atoms with Crippen molar-refractivity contribution in [3.8, 4) is 0 Å². The largest absolute Gasteiger partial charge is 0.249 e. The Morgan fingerprint density at radius 2 is 2.70 bits per heavy atom. The zero-order valence-corrected chi connectivity index (χ0v) is 6.90. The van der Waals surface area contributed by atoms with Crippen LogP contribution in [0, 0.1) is 0 Å². The van der Waals surface area contributed by atoms with Crippen molar-refractivity contribution in [3.05, 3.63) is 29.2 Å². The van der Waals surface area contributed by atoms with E-state index in [2.05, 4.69) is 18.5 Å². The minimum Gasteiger partial charge on any atom is -0.249 e. The molecule has 0 radical (unpaired) electrons. The molecule has 1 unspecified atom stereocenters. The van der Waals surface area contributed by atoms with Gasteiger partial charge in [-0.25, -0.2) is 4.98 Å². The van der Waals surface area contributed by atoms with Gasteiger partial charge in [0.15, 0.2) is 0 Å². The van der Waals surface area contributed by atoms with Crippen molar-refractivity contribution in [1.29, 1.82) is 0 Å². The standard InChI is InChI=1S/C8H11NS/c1-3-7(4-2)8-9-5-6-10-8/h3,5-7H,1,4H2,2H3. The number of nitrogens with zero attached hydrogens (tertiary/aromatic N) is 1. The molecule has 0 saturated heterocycles. The maximum absolute atomic E-state index is 4.21. The van der Waals surface area contributed by atoms with Crippen LogP contribution in [0.4, 0.5) is 0 Å². The fraction of sp³-hybridized carbons (Fsp3) is 0.375. The van der Waals surface area contributed by atoms with Gasteiger partial charge in [-0.3, -0.25) is 0 Å². The Hall–Kier alpha value is -0.630. The predicted molar refractivity (Wildman–Crippen MR) is 45.3 cm³/mol. The lowest BCUT2D eigenvalue weighted by atomic mass is 10.1. The Balaban J connectivity index is 2.73. The van der Waals surface area contributed by atoms with Crippen LogP contribution < -0.4 is 0 Å². The van der Waals surface area contributed by atoms with Crippen molar-refractivity contribution in [2.24, 2.45) is 0 Å². The van der Waals surface area contributed by atoms with Gasteiger partial charge in [-0.2, -0.15) is 0 Å². The summed E-state index contributed by atoms with van der Waals surface area (Å²) in [6.07, 6.45) is 4.89. The molecule has 1 rings (SSSR count). The molecule has 0 fully saturated rings. The van der Waals surface area contributed by atoms with Crippen molar-refractivity contribution >= 4 is 11.3 Å². The summed E-state index contributed by atoms with van der Waals surface area (Å²) in [4.78, 5) is 4.21. The third kappa shape index (κ3) is 1.45. The highest BCUT2D eigenvalue weighted by Crippen LogP contribution is 2.21. The van der Waals surface area contributed by atoms with E-state index in [9.17, 15) is 0 Å². The summed E-state index contributed by atoms with van der Waals surface area (Å²) in [5.74, 6) is 0.458. The van der Waals surface area contributed by atoms with Crippen molar-refractivity contribution in [3.63, 3.8) is 0 Å². The summed E-state index contributed by atoms with van der Waals surface area (Å²) in [6.45, 7) is 5.90. The first-order valence-electron chi connectivity index (χ1n) is 3.40. The van der Waals surface area contributed by atoms with Crippen LogP contribution in [-0.4, -0.2) is 4.98 Å². The second kappa shape index (κ2) is 3.52. The van der Waals surface area contributed by atoms with Gasteiger partial charge < -0.3 is 0 Å². The van der Waals surface area contributed by atoms with Crippen LogP contribution in [0.25, 0.3) is 0 Å². The lowest BCUT2D eigenvalue weighted by molar-refractivity contribution is 0.798. The molecule has 10 heavy (non-hydrogen) atoms. The molecule has 1 heterocycles. The molecular formula is C8H11NS. The van der Waals surface area contributed by atoms with Crippen LogP contribution in [-0.2, 0) is 0 Å². The highest BCUT2D eigenvalue weighted by atomic mass is 32.1. The molecule has 0 spiro atoms. The van der Waals surface area contributed by atoms with Crippen molar-refractivity contribution in [2.45, 2.75) is 19.3 Å². The lowest BCUT2D eigenvalue weighted by Crippen LogP contribution is -1.89. The van der Waals surface area contributed by atoms with E-state index in [0.29, 0.717) is 5.92 Å². The summed E-state index contributed by atoms with van der Waals surface area (Å²) in [5, 5.41) is 3.18. The summed E-state index contributed by atoms with van der Waals surface area (Å²) >= 11 is 1.70. The minimum atomic E-state index is 0.458. The van der Waals surface area contributed by atoms with Crippen LogP contribution in [0.3, 0.4) is 0 Å². The molecule has 0 aromatic carbocycles. The van der Waals surface area contributed by atoms with Gasteiger partial charge in [0.05, 0.1) is 5.01 Å². The van der Waals surface area contributed by atoms with Gasteiger partial charge >= 0.3 is 0 Å². The zero-order chi connectivity index (χ0) is 7.40. The van der Waals surface area contributed by atoms with E-state index in [0.717, 1.165) is 6.42 Å². The number of thiazole rings is 1. The van der Waals surface area contributed by atoms with E-state index in [1.165, 1.54) is 5.01 Å². The summed E-state index contributed by atoms with van der Waals surface area (Å²) in [5.41, 5.74) is 0. The minimum absolute atomic E-state index is 0.458. The smallest absolute Gasteiger partial charge is 0.0993 e. The summed E-state index contributed by atoms with van der Waals surface area (Å²) < 4.78 is 0. The zero-order valence-electron chi connectivity index (χ0n) is 6.08. The Kier molecular flexibility index (Phi) is 2.63. The van der Waals surface area contributed by atoms with E-state index in [-0.39, 0.29) is 0 Å². The first-order valence-corrected chi connectivity index (χ1v) is 4.28. The van der Waals surface area contributed by atoms with Gasteiger partial charge in [-0.05, 0) is 6.42 Å². The van der Waals surface area contributed by atoms with E-state index >= 15 is 0 Å². The highest BCUT2D eigenvalue weighted by Gasteiger charge is 2.05. The van der Waals surface area contributed by atoms with E-state index < -0.39 is 0 Å². The molecule has 0 aliphatic rings. The van der Waals surface area contributed by atoms with Gasteiger partial charge in [0, 0.05) is 17.5 Å². The van der Waals surface area contributed by atoms with Gasteiger partial charge in [0.2, 0.25) is 0 Å². The molecule has 0 N–H and O–H groups in total. The molecule has 0 aliphatic carbocycles. The molecular weight excluding hydrogens is 142 g/mol. The van der Waals surface area contributed by atoms with Crippen molar-refractivity contribution in [2.75, 3.05) is 0 Å². The number of rotatable bonds is 3. The Bertz CT molecular complexity index is 191. The highest BCUT2D eigenvalue weighted by molar-refractivity contribution is 7.09. The topological polar surface area (TPSA) is 12.9 Å². The van der Waals surface area contributed by atoms with Crippen molar-refractivity contribution < 1.29 is 0 Å². The first-order chi connectivity index (χ1) is 4.88. The molecule has 1 aromatic rings. The average molecular weight is 153 g/mol. The molecule has 2 heteroatoms. The number of allylic oxidation sites excluding steroid dienone is 1. The first kappa shape index (κ1) is 7.48.